The standard InChI is InChI=1S/C15H18N2O5S/c1-3-17-23(19,20)12-6-7-14(21-2)13(9-12)15(18)16-10-11-5-4-8-22-11/h4-9,17H,3,10H2,1-2H3,(H,16,18). The van der Waals surface area contributed by atoms with Gasteiger partial charge in [0.05, 0.1) is 30.4 Å². The molecule has 1 aromatic carbocycles. The lowest BCUT2D eigenvalue weighted by Gasteiger charge is -2.11. The average Bonchev–Trinajstić information content (AvgIpc) is 3.05. The molecule has 0 fully saturated rings. The summed E-state index contributed by atoms with van der Waals surface area (Å²) in [7, 11) is -2.24. The highest BCUT2D eigenvalue weighted by Crippen LogP contribution is 2.22. The number of rotatable bonds is 7. The maximum absolute atomic E-state index is 12.3. The molecule has 1 amide bonds. The van der Waals surface area contributed by atoms with Crippen molar-refractivity contribution in [3.05, 3.63) is 47.9 Å². The predicted octanol–water partition coefficient (Wildman–Crippen LogP) is 1.52. The van der Waals surface area contributed by atoms with Crippen molar-refractivity contribution >= 4 is 15.9 Å². The summed E-state index contributed by atoms with van der Waals surface area (Å²) >= 11 is 0. The van der Waals surface area contributed by atoms with Gasteiger partial charge in [-0.05, 0) is 30.3 Å². The highest BCUT2D eigenvalue weighted by atomic mass is 32.2. The van der Waals surface area contributed by atoms with Crippen molar-refractivity contribution in [1.82, 2.24) is 10.0 Å². The molecule has 2 aromatic rings. The summed E-state index contributed by atoms with van der Waals surface area (Å²) in [5, 5.41) is 2.66. The van der Waals surface area contributed by atoms with Gasteiger partial charge in [0.15, 0.2) is 0 Å². The first-order valence-electron chi connectivity index (χ1n) is 6.96. The van der Waals surface area contributed by atoms with Crippen LogP contribution in [0.25, 0.3) is 0 Å². The molecule has 0 saturated heterocycles. The summed E-state index contributed by atoms with van der Waals surface area (Å²) in [6.45, 7) is 2.13. The second-order valence-corrected chi connectivity index (χ2v) is 6.39. The molecule has 0 aliphatic carbocycles. The summed E-state index contributed by atoms with van der Waals surface area (Å²) in [5.74, 6) is 0.429. The zero-order valence-electron chi connectivity index (χ0n) is 12.8. The van der Waals surface area contributed by atoms with Crippen LogP contribution in [-0.4, -0.2) is 28.0 Å². The number of benzene rings is 1. The molecule has 0 unspecified atom stereocenters. The zero-order valence-corrected chi connectivity index (χ0v) is 13.6. The quantitative estimate of drug-likeness (QED) is 0.797. The van der Waals surface area contributed by atoms with E-state index >= 15 is 0 Å². The van der Waals surface area contributed by atoms with Crippen LogP contribution >= 0.6 is 0 Å². The molecular formula is C15H18N2O5S. The van der Waals surface area contributed by atoms with Crippen LogP contribution in [0, 0.1) is 0 Å². The minimum Gasteiger partial charge on any atom is -0.496 e. The van der Waals surface area contributed by atoms with Crippen LogP contribution in [-0.2, 0) is 16.6 Å². The molecular weight excluding hydrogens is 320 g/mol. The van der Waals surface area contributed by atoms with Gasteiger partial charge in [0.25, 0.3) is 5.91 Å². The highest BCUT2D eigenvalue weighted by molar-refractivity contribution is 7.89. The molecule has 2 N–H and O–H groups in total. The fourth-order valence-electron chi connectivity index (χ4n) is 1.98. The van der Waals surface area contributed by atoms with Gasteiger partial charge in [0.2, 0.25) is 10.0 Å². The molecule has 0 aliphatic rings. The minimum absolute atomic E-state index is 0.00305. The average molecular weight is 338 g/mol. The molecule has 0 saturated carbocycles. The normalized spacial score (nSPS) is 11.2. The van der Waals surface area contributed by atoms with Gasteiger partial charge < -0.3 is 14.5 Å². The van der Waals surface area contributed by atoms with E-state index in [-0.39, 0.29) is 29.3 Å². The molecule has 23 heavy (non-hydrogen) atoms. The lowest BCUT2D eigenvalue weighted by Crippen LogP contribution is -2.25. The smallest absolute Gasteiger partial charge is 0.255 e. The summed E-state index contributed by atoms with van der Waals surface area (Å²) in [6.07, 6.45) is 1.51. The molecule has 1 heterocycles. The summed E-state index contributed by atoms with van der Waals surface area (Å²) < 4.78 is 36.8. The van der Waals surface area contributed by atoms with Crippen molar-refractivity contribution in [2.24, 2.45) is 0 Å². The van der Waals surface area contributed by atoms with Crippen molar-refractivity contribution in [2.75, 3.05) is 13.7 Å². The van der Waals surface area contributed by atoms with Gasteiger partial charge in [-0.2, -0.15) is 0 Å². The topological polar surface area (TPSA) is 97.6 Å². The first kappa shape index (κ1) is 17.0. The number of carbonyl (C=O) groups is 1. The van der Waals surface area contributed by atoms with Crippen molar-refractivity contribution < 1.29 is 22.4 Å². The third-order valence-corrected chi connectivity index (χ3v) is 4.61. The second-order valence-electron chi connectivity index (χ2n) is 4.63. The number of carbonyl (C=O) groups excluding carboxylic acids is 1. The third kappa shape index (κ3) is 4.11. The van der Waals surface area contributed by atoms with E-state index in [1.165, 1.54) is 31.6 Å². The van der Waals surface area contributed by atoms with Gasteiger partial charge in [-0.1, -0.05) is 6.92 Å². The SMILES string of the molecule is CCNS(=O)(=O)c1ccc(OC)c(C(=O)NCc2ccco2)c1. The Morgan fingerprint density at radius 3 is 2.70 bits per heavy atom. The number of methoxy groups -OCH3 is 1. The molecule has 1 aromatic heterocycles. The molecule has 0 bridgehead atoms. The van der Waals surface area contributed by atoms with Crippen LogP contribution in [0.1, 0.15) is 23.0 Å². The predicted molar refractivity (Wildman–Crippen MR) is 83.7 cm³/mol. The van der Waals surface area contributed by atoms with E-state index in [9.17, 15) is 13.2 Å². The Hall–Kier alpha value is -2.32. The Morgan fingerprint density at radius 1 is 1.30 bits per heavy atom. The lowest BCUT2D eigenvalue weighted by atomic mass is 10.2. The first-order chi connectivity index (χ1) is 11.0. The van der Waals surface area contributed by atoms with Gasteiger partial charge in [-0.15, -0.1) is 0 Å². The monoisotopic (exact) mass is 338 g/mol. The molecule has 2 rings (SSSR count). The van der Waals surface area contributed by atoms with Gasteiger partial charge >= 0.3 is 0 Å². The van der Waals surface area contributed by atoms with Crippen molar-refractivity contribution in [3.8, 4) is 5.75 Å². The van der Waals surface area contributed by atoms with Gasteiger partial charge in [-0.3, -0.25) is 4.79 Å². The fourth-order valence-corrected chi connectivity index (χ4v) is 3.05. The molecule has 0 aliphatic heterocycles. The zero-order chi connectivity index (χ0) is 16.9. The van der Waals surface area contributed by atoms with Crippen LogP contribution < -0.4 is 14.8 Å². The van der Waals surface area contributed by atoms with Crippen LogP contribution in [0.4, 0.5) is 0 Å². The number of hydrogen-bond acceptors (Lipinski definition) is 5. The van der Waals surface area contributed by atoms with E-state index in [0.29, 0.717) is 5.76 Å². The Kier molecular flexibility index (Phi) is 5.41. The maximum Gasteiger partial charge on any atom is 0.255 e. The molecule has 8 heteroatoms. The van der Waals surface area contributed by atoms with Crippen molar-refractivity contribution in [2.45, 2.75) is 18.4 Å². The van der Waals surface area contributed by atoms with Crippen molar-refractivity contribution in [3.63, 3.8) is 0 Å². The second kappa shape index (κ2) is 7.30. The summed E-state index contributed by atoms with van der Waals surface area (Å²) in [5.41, 5.74) is 0.137. The molecule has 0 spiro atoms. The number of nitrogens with one attached hydrogen (secondary N) is 2. The van der Waals surface area contributed by atoms with E-state index in [4.69, 9.17) is 9.15 Å². The number of amides is 1. The van der Waals surface area contributed by atoms with Crippen LogP contribution in [0.3, 0.4) is 0 Å². The van der Waals surface area contributed by atoms with Crippen LogP contribution in [0.5, 0.6) is 5.75 Å². The van der Waals surface area contributed by atoms with E-state index < -0.39 is 15.9 Å². The van der Waals surface area contributed by atoms with E-state index in [2.05, 4.69) is 10.0 Å². The highest BCUT2D eigenvalue weighted by Gasteiger charge is 2.19. The van der Waals surface area contributed by atoms with Gasteiger partial charge in [0.1, 0.15) is 11.5 Å². The molecule has 124 valence electrons. The van der Waals surface area contributed by atoms with Gasteiger partial charge in [0, 0.05) is 6.54 Å². The van der Waals surface area contributed by atoms with E-state index in [1.807, 2.05) is 0 Å². The maximum atomic E-state index is 12.3. The minimum atomic E-state index is -3.65. The van der Waals surface area contributed by atoms with Crippen LogP contribution in [0.15, 0.2) is 45.9 Å². The third-order valence-electron chi connectivity index (χ3n) is 3.06. The Morgan fingerprint density at radius 2 is 2.09 bits per heavy atom. The Balaban J connectivity index is 2.26. The lowest BCUT2D eigenvalue weighted by molar-refractivity contribution is 0.0944. The van der Waals surface area contributed by atoms with Crippen molar-refractivity contribution in [1.29, 1.82) is 0 Å². The summed E-state index contributed by atoms with van der Waals surface area (Å²) in [4.78, 5) is 12.3. The molecule has 0 radical (unpaired) electrons. The number of sulfonamides is 1. The summed E-state index contributed by atoms with van der Waals surface area (Å²) in [6, 6.07) is 7.57. The number of ether oxygens (including phenoxy) is 1. The first-order valence-corrected chi connectivity index (χ1v) is 8.44. The van der Waals surface area contributed by atoms with E-state index in [0.717, 1.165) is 0 Å². The molecule has 7 nitrogen and oxygen atoms in total. The van der Waals surface area contributed by atoms with E-state index in [1.54, 1.807) is 19.1 Å². The molecule has 0 atom stereocenters. The fraction of sp³-hybridized carbons (Fsp3) is 0.267. The Bertz CT molecular complexity index is 769. The van der Waals surface area contributed by atoms with Crippen LogP contribution in [0.2, 0.25) is 0 Å². The Labute approximate surface area is 134 Å². The van der Waals surface area contributed by atoms with Gasteiger partial charge in [-0.25, -0.2) is 13.1 Å². The largest absolute Gasteiger partial charge is 0.496 e. The number of furan rings is 1. The number of hydrogen-bond donors (Lipinski definition) is 2.